The third-order valence-corrected chi connectivity index (χ3v) is 10.1. The lowest BCUT2D eigenvalue weighted by Gasteiger charge is -2.28. The summed E-state index contributed by atoms with van der Waals surface area (Å²) in [4.78, 5) is 29.5. The van der Waals surface area contributed by atoms with Crippen LogP contribution in [0.5, 0.6) is 0 Å². The van der Waals surface area contributed by atoms with Crippen LogP contribution in [0.15, 0.2) is 11.0 Å². The molecule has 1 aromatic rings. The summed E-state index contributed by atoms with van der Waals surface area (Å²) < 4.78 is 0. The first-order valence-electron chi connectivity index (χ1n) is 15.4. The lowest BCUT2D eigenvalue weighted by Crippen LogP contribution is -2.43. The molecule has 7 atom stereocenters. The van der Waals surface area contributed by atoms with Crippen LogP contribution in [0.4, 0.5) is 0 Å². The zero-order valence-electron chi connectivity index (χ0n) is 27.1. The molecule has 1 aliphatic rings. The maximum atomic E-state index is 13.0. The number of nitrogens with one attached hydrogen (secondary N) is 1. The maximum Gasteiger partial charge on any atom is 0.223 e. The van der Waals surface area contributed by atoms with Crippen molar-refractivity contribution in [1.82, 2.24) is 10.3 Å². The van der Waals surface area contributed by atoms with E-state index in [9.17, 15) is 19.8 Å². The molecule has 230 valence electrons. The van der Waals surface area contributed by atoms with E-state index < -0.39 is 11.5 Å². The number of carbonyl (C=O) groups is 2. The first kappa shape index (κ1) is 36.5. The van der Waals surface area contributed by atoms with Gasteiger partial charge < -0.3 is 15.5 Å². The van der Waals surface area contributed by atoms with Crippen molar-refractivity contribution in [2.24, 2.45) is 28.6 Å². The van der Waals surface area contributed by atoms with Crippen molar-refractivity contribution >= 4 is 29.1 Å². The fraction of sp³-hybridized carbons (Fsp3) is 0.788. The Morgan fingerprint density at radius 3 is 2.38 bits per heavy atom. The molecule has 2 rings (SSSR count). The van der Waals surface area contributed by atoms with E-state index in [0.717, 1.165) is 54.8 Å². The molecule has 0 radical (unpaired) electrons. The van der Waals surface area contributed by atoms with Crippen LogP contribution in [0.3, 0.4) is 0 Å². The van der Waals surface area contributed by atoms with Gasteiger partial charge in [-0.15, -0.1) is 11.3 Å². The molecule has 0 aliphatic heterocycles. The molecule has 0 aromatic carbocycles. The molecule has 1 amide bonds. The van der Waals surface area contributed by atoms with Crippen molar-refractivity contribution in [3.8, 4) is 0 Å². The second-order valence-electron chi connectivity index (χ2n) is 12.8. The topological polar surface area (TPSA) is 99.5 Å². The van der Waals surface area contributed by atoms with Gasteiger partial charge in [-0.3, -0.25) is 9.59 Å². The number of rotatable bonds is 16. The molecule has 1 aliphatic carbocycles. The van der Waals surface area contributed by atoms with Gasteiger partial charge in [0.1, 0.15) is 5.78 Å². The first-order valence-corrected chi connectivity index (χ1v) is 16.3. The van der Waals surface area contributed by atoms with Crippen LogP contribution in [-0.4, -0.2) is 45.1 Å². The van der Waals surface area contributed by atoms with Crippen LogP contribution in [-0.2, 0) is 9.59 Å². The van der Waals surface area contributed by atoms with Crippen molar-refractivity contribution < 1.29 is 19.8 Å². The van der Waals surface area contributed by atoms with Crippen molar-refractivity contribution in [3.63, 3.8) is 0 Å². The summed E-state index contributed by atoms with van der Waals surface area (Å²) >= 11 is 1.60. The minimum atomic E-state index is -1.04. The Balaban J connectivity index is 0.00000391. The smallest absolute Gasteiger partial charge is 0.223 e. The number of aliphatic hydroxyl groups excluding tert-OH is 2. The van der Waals surface area contributed by atoms with Gasteiger partial charge in [-0.25, -0.2) is 4.98 Å². The van der Waals surface area contributed by atoms with Crippen LogP contribution in [0.25, 0.3) is 6.08 Å². The Morgan fingerprint density at radius 2 is 1.85 bits per heavy atom. The van der Waals surface area contributed by atoms with E-state index in [1.54, 1.807) is 25.2 Å². The average molecular weight is 579 g/mol. The predicted octanol–water partition coefficient (Wildman–Crippen LogP) is 7.36. The fourth-order valence-electron chi connectivity index (χ4n) is 5.32. The van der Waals surface area contributed by atoms with Crippen LogP contribution < -0.4 is 5.32 Å². The number of hydrogen-bond donors (Lipinski definition) is 3. The summed E-state index contributed by atoms with van der Waals surface area (Å²) in [5, 5.41) is 27.3. The number of aryl methyl sites for hydroxylation is 1. The molecule has 0 spiro atoms. The molecule has 0 unspecified atom stereocenters. The molecular weight excluding hydrogens is 520 g/mol. The number of hydrogen-bond acceptors (Lipinski definition) is 6. The first-order chi connectivity index (χ1) is 18.6. The zero-order valence-corrected chi connectivity index (χ0v) is 28.0. The average Bonchev–Trinajstić information content (AvgIpc) is 3.34. The van der Waals surface area contributed by atoms with E-state index in [1.165, 1.54) is 6.92 Å². The van der Waals surface area contributed by atoms with E-state index >= 15 is 0 Å². The van der Waals surface area contributed by atoms with Gasteiger partial charge in [0, 0.05) is 10.8 Å². The highest BCUT2D eigenvalue weighted by molar-refractivity contribution is 7.09. The van der Waals surface area contributed by atoms with Gasteiger partial charge in [-0.2, -0.15) is 0 Å². The van der Waals surface area contributed by atoms with Gasteiger partial charge >= 0.3 is 0 Å². The number of aromatic nitrogens is 1. The fourth-order valence-corrected chi connectivity index (χ4v) is 5.89. The molecule has 1 fully saturated rings. The molecule has 1 heterocycles. The van der Waals surface area contributed by atoms with Crippen molar-refractivity contribution in [2.45, 2.75) is 139 Å². The lowest BCUT2D eigenvalue weighted by atomic mass is 9.81. The third kappa shape index (κ3) is 10.7. The van der Waals surface area contributed by atoms with Crippen molar-refractivity contribution in [1.29, 1.82) is 0 Å². The Hall–Kier alpha value is -1.57. The quantitative estimate of drug-likeness (QED) is 0.190. The van der Waals surface area contributed by atoms with Crippen LogP contribution >= 0.6 is 11.3 Å². The maximum absolute atomic E-state index is 13.0. The summed E-state index contributed by atoms with van der Waals surface area (Å²) in [5.41, 5.74) is 1.22. The number of aliphatic hydroxyl groups is 2. The SMILES string of the molecule is CC.CC[C@H](C)[C@@H](O)[C@@H](C)CCC[C@@]1(C)C[C@H]1C[C@H](NC(=O)C[C@H](O)C(C)(C)C(C)=O)/C(C)=C/c1csc(C)n1. The largest absolute Gasteiger partial charge is 0.393 e. The molecule has 1 saturated carbocycles. The summed E-state index contributed by atoms with van der Waals surface area (Å²) in [6, 6.07) is -0.157. The molecule has 40 heavy (non-hydrogen) atoms. The van der Waals surface area contributed by atoms with Gasteiger partial charge in [-0.1, -0.05) is 68.2 Å². The number of carbonyl (C=O) groups excluding carboxylic acids is 2. The van der Waals surface area contributed by atoms with E-state index in [-0.39, 0.29) is 35.7 Å². The van der Waals surface area contributed by atoms with E-state index in [2.05, 4.69) is 38.0 Å². The Morgan fingerprint density at radius 1 is 1.23 bits per heavy atom. The van der Waals surface area contributed by atoms with Gasteiger partial charge in [-0.05, 0) is 81.3 Å². The summed E-state index contributed by atoms with van der Waals surface area (Å²) in [5.74, 6) is 0.754. The van der Waals surface area contributed by atoms with Crippen molar-refractivity contribution in [2.75, 3.05) is 0 Å². The van der Waals surface area contributed by atoms with E-state index in [4.69, 9.17) is 0 Å². The highest BCUT2D eigenvalue weighted by Crippen LogP contribution is 2.58. The normalized spacial score (nSPS) is 22.8. The number of ketones is 1. The number of nitrogens with zero attached hydrogens (tertiary/aromatic N) is 1. The van der Waals surface area contributed by atoms with Crippen molar-refractivity contribution in [3.05, 3.63) is 21.7 Å². The molecule has 7 heteroatoms. The van der Waals surface area contributed by atoms with Gasteiger partial charge in [0.25, 0.3) is 0 Å². The molecule has 0 bridgehead atoms. The lowest BCUT2D eigenvalue weighted by molar-refractivity contribution is -0.134. The summed E-state index contributed by atoms with van der Waals surface area (Å²) in [6.45, 7) is 21.6. The predicted molar refractivity (Wildman–Crippen MR) is 168 cm³/mol. The molecule has 3 N–H and O–H groups in total. The Kier molecular flexibility index (Phi) is 14.7. The third-order valence-electron chi connectivity index (χ3n) is 9.29. The van der Waals surface area contributed by atoms with Crippen LogP contribution in [0.2, 0.25) is 0 Å². The summed E-state index contributed by atoms with van der Waals surface area (Å²) in [7, 11) is 0. The molecule has 1 aromatic heterocycles. The van der Waals surface area contributed by atoms with Gasteiger partial charge in [0.15, 0.2) is 0 Å². The number of thiazole rings is 1. The minimum absolute atomic E-state index is 0.107. The molecule has 0 saturated heterocycles. The highest BCUT2D eigenvalue weighted by Gasteiger charge is 2.50. The molecule has 6 nitrogen and oxygen atoms in total. The van der Waals surface area contributed by atoms with Gasteiger partial charge in [0.05, 0.1) is 35.4 Å². The number of Topliss-reactive ketones (excluding diaryl/α,β-unsaturated/α-hetero) is 1. The second-order valence-corrected chi connectivity index (χ2v) is 13.9. The van der Waals surface area contributed by atoms with Gasteiger partial charge in [0.2, 0.25) is 5.91 Å². The molecular formula is C33H58N2O4S. The Labute approximate surface area is 248 Å². The minimum Gasteiger partial charge on any atom is -0.393 e. The Bertz CT molecular complexity index is 971. The van der Waals surface area contributed by atoms with E-state index in [1.807, 2.05) is 39.2 Å². The number of amides is 1. The van der Waals surface area contributed by atoms with Crippen LogP contribution in [0.1, 0.15) is 125 Å². The van der Waals surface area contributed by atoms with Crippen LogP contribution in [0, 0.1) is 35.5 Å². The standard InChI is InChI=1S/C31H52N2O4S.C2H6/c1-10-19(2)29(37)20(3)12-11-13-31(9)17-24(31)15-26(21(4)14-25-18-38-23(6)32-25)33-28(36)16-27(35)30(7,8)22(5)34;1-2/h14,18-20,24,26-27,29,35,37H,10-13,15-17H2,1-9H3,(H,33,36);1-2H3/b21-14+;/t19-,20-,24+,26-,27-,29+,31-;/m0./s1. The monoisotopic (exact) mass is 578 g/mol. The highest BCUT2D eigenvalue weighted by atomic mass is 32.1. The second kappa shape index (κ2) is 16.2. The summed E-state index contributed by atoms with van der Waals surface area (Å²) in [6.07, 6.45) is 6.86. The van der Waals surface area contributed by atoms with E-state index in [0.29, 0.717) is 17.8 Å². The zero-order chi connectivity index (χ0) is 30.8.